The highest BCUT2D eigenvalue weighted by Gasteiger charge is 2.10. The number of amides is 2. The number of aryl methyl sites for hydroxylation is 1. The molecule has 7 heteroatoms. The van der Waals surface area contributed by atoms with E-state index in [9.17, 15) is 9.59 Å². The number of aromatic nitrogens is 2. The number of hydrogen-bond donors (Lipinski definition) is 2. The van der Waals surface area contributed by atoms with Crippen LogP contribution in [0.4, 0.5) is 11.4 Å². The van der Waals surface area contributed by atoms with E-state index < -0.39 is 0 Å². The molecule has 4 rings (SSSR count). The predicted octanol–water partition coefficient (Wildman–Crippen LogP) is 5.08. The molecule has 0 spiro atoms. The van der Waals surface area contributed by atoms with Crippen LogP contribution in [0.2, 0.25) is 0 Å². The number of anilines is 2. The van der Waals surface area contributed by atoms with Gasteiger partial charge in [0.2, 0.25) is 5.88 Å². The molecule has 4 aromatic rings. The molecule has 2 heterocycles. The van der Waals surface area contributed by atoms with Crippen molar-refractivity contribution in [3.63, 3.8) is 0 Å². The van der Waals surface area contributed by atoms with Crippen molar-refractivity contribution in [3.8, 4) is 11.6 Å². The molecule has 0 bridgehead atoms. The highest BCUT2D eigenvalue weighted by molar-refractivity contribution is 6.07. The lowest BCUT2D eigenvalue weighted by Crippen LogP contribution is -2.14. The first-order chi connectivity index (χ1) is 15.6. The molecule has 32 heavy (non-hydrogen) atoms. The van der Waals surface area contributed by atoms with E-state index in [4.69, 9.17) is 4.74 Å². The zero-order valence-corrected chi connectivity index (χ0v) is 17.3. The van der Waals surface area contributed by atoms with Gasteiger partial charge in [-0.25, -0.2) is 4.98 Å². The molecule has 0 aliphatic carbocycles. The van der Waals surface area contributed by atoms with Crippen molar-refractivity contribution in [2.45, 2.75) is 6.92 Å². The number of nitrogens with one attached hydrogen (secondary N) is 2. The second kappa shape index (κ2) is 9.53. The summed E-state index contributed by atoms with van der Waals surface area (Å²) in [6.07, 6.45) is 4.60. The van der Waals surface area contributed by atoms with Crippen LogP contribution in [0.1, 0.15) is 26.3 Å². The first-order valence-electron chi connectivity index (χ1n) is 9.90. The Morgan fingerprint density at radius 3 is 2.25 bits per heavy atom. The number of rotatable bonds is 6. The Balaban J connectivity index is 1.38. The second-order valence-electron chi connectivity index (χ2n) is 7.03. The smallest absolute Gasteiger partial charge is 0.257 e. The quantitative estimate of drug-likeness (QED) is 0.450. The molecule has 2 aromatic carbocycles. The second-order valence-corrected chi connectivity index (χ2v) is 7.03. The standard InChI is InChI=1S/C25H20N4O3/c1-17-7-10-22(11-8-17)32-23-12-9-21(16-27-23)29-24(30)18-4-2-6-20(14-18)28-25(31)19-5-3-13-26-15-19/h2-16H,1H3,(H,28,31)(H,29,30). The number of nitrogens with zero attached hydrogens (tertiary/aromatic N) is 2. The van der Waals surface area contributed by atoms with Crippen molar-refractivity contribution in [2.75, 3.05) is 10.6 Å². The van der Waals surface area contributed by atoms with Crippen molar-refractivity contribution < 1.29 is 14.3 Å². The molecule has 0 saturated heterocycles. The maximum absolute atomic E-state index is 12.6. The molecule has 0 aliphatic rings. The topological polar surface area (TPSA) is 93.2 Å². The molecule has 158 valence electrons. The van der Waals surface area contributed by atoms with Gasteiger partial charge in [-0.05, 0) is 55.5 Å². The van der Waals surface area contributed by atoms with Crippen molar-refractivity contribution in [1.29, 1.82) is 0 Å². The van der Waals surface area contributed by atoms with Gasteiger partial charge in [-0.3, -0.25) is 14.6 Å². The van der Waals surface area contributed by atoms with Crippen molar-refractivity contribution in [2.24, 2.45) is 0 Å². The Labute approximate surface area is 185 Å². The molecule has 0 aliphatic heterocycles. The van der Waals surface area contributed by atoms with Crippen LogP contribution in [-0.2, 0) is 0 Å². The minimum Gasteiger partial charge on any atom is -0.439 e. The van der Waals surface area contributed by atoms with Crippen LogP contribution >= 0.6 is 0 Å². The maximum atomic E-state index is 12.6. The number of ether oxygens (including phenoxy) is 1. The summed E-state index contributed by atoms with van der Waals surface area (Å²) in [6, 6.07) is 21.1. The van der Waals surface area contributed by atoms with Crippen LogP contribution in [-0.4, -0.2) is 21.8 Å². The summed E-state index contributed by atoms with van der Waals surface area (Å²) in [4.78, 5) is 33.1. The largest absolute Gasteiger partial charge is 0.439 e. The van der Waals surface area contributed by atoms with E-state index in [2.05, 4.69) is 20.6 Å². The molecule has 0 fully saturated rings. The first kappa shape index (κ1) is 20.7. The minimum atomic E-state index is -0.323. The number of benzene rings is 2. The fourth-order valence-corrected chi connectivity index (χ4v) is 2.88. The summed E-state index contributed by atoms with van der Waals surface area (Å²) in [5, 5.41) is 5.55. The van der Waals surface area contributed by atoms with Crippen molar-refractivity contribution >= 4 is 23.2 Å². The highest BCUT2D eigenvalue weighted by atomic mass is 16.5. The average Bonchev–Trinajstić information content (AvgIpc) is 2.82. The summed E-state index contributed by atoms with van der Waals surface area (Å²) in [5.41, 5.74) is 3.00. The fourth-order valence-electron chi connectivity index (χ4n) is 2.88. The van der Waals surface area contributed by atoms with Gasteiger partial charge in [-0.1, -0.05) is 23.8 Å². The molecule has 0 saturated carbocycles. The lowest BCUT2D eigenvalue weighted by Gasteiger charge is -2.09. The molecule has 2 N–H and O–H groups in total. The average molecular weight is 424 g/mol. The zero-order valence-electron chi connectivity index (χ0n) is 17.3. The van der Waals surface area contributed by atoms with Gasteiger partial charge in [0.15, 0.2) is 0 Å². The van der Waals surface area contributed by atoms with Gasteiger partial charge in [0.1, 0.15) is 5.75 Å². The molecule has 0 radical (unpaired) electrons. The molecule has 2 aromatic heterocycles. The normalized spacial score (nSPS) is 10.3. The fraction of sp³-hybridized carbons (Fsp3) is 0.0400. The maximum Gasteiger partial charge on any atom is 0.257 e. The minimum absolute atomic E-state index is 0.302. The lowest BCUT2D eigenvalue weighted by atomic mass is 10.1. The predicted molar refractivity (Wildman–Crippen MR) is 122 cm³/mol. The summed E-state index contributed by atoms with van der Waals surface area (Å²) >= 11 is 0. The molecular weight excluding hydrogens is 404 g/mol. The first-order valence-corrected chi connectivity index (χ1v) is 9.90. The summed E-state index contributed by atoms with van der Waals surface area (Å²) in [6.45, 7) is 2.00. The third-order valence-corrected chi connectivity index (χ3v) is 4.54. The van der Waals surface area contributed by atoms with Gasteiger partial charge in [-0.2, -0.15) is 0 Å². The SMILES string of the molecule is Cc1ccc(Oc2ccc(NC(=O)c3cccc(NC(=O)c4cccnc4)c3)cn2)cc1. The highest BCUT2D eigenvalue weighted by Crippen LogP contribution is 2.21. The Hall–Kier alpha value is -4.52. The Kier molecular flexibility index (Phi) is 6.17. The van der Waals surface area contributed by atoms with Crippen LogP contribution in [0.3, 0.4) is 0 Å². The van der Waals surface area contributed by atoms with Crippen LogP contribution < -0.4 is 15.4 Å². The number of pyridine rings is 2. The lowest BCUT2D eigenvalue weighted by molar-refractivity contribution is 0.101. The van der Waals surface area contributed by atoms with Crippen LogP contribution in [0, 0.1) is 6.92 Å². The van der Waals surface area contributed by atoms with E-state index in [1.807, 2.05) is 31.2 Å². The van der Waals surface area contributed by atoms with Gasteiger partial charge in [0.25, 0.3) is 11.8 Å². The third kappa shape index (κ3) is 5.34. The van der Waals surface area contributed by atoms with E-state index in [0.717, 1.165) is 5.56 Å². The van der Waals surface area contributed by atoms with E-state index in [1.165, 1.54) is 12.4 Å². The molecule has 2 amide bonds. The van der Waals surface area contributed by atoms with Gasteiger partial charge < -0.3 is 15.4 Å². The van der Waals surface area contributed by atoms with E-state index >= 15 is 0 Å². The summed E-state index contributed by atoms with van der Waals surface area (Å²) in [5.74, 6) is 0.484. The Morgan fingerprint density at radius 1 is 0.781 bits per heavy atom. The third-order valence-electron chi connectivity index (χ3n) is 4.54. The molecule has 0 atom stereocenters. The summed E-state index contributed by atoms with van der Waals surface area (Å²) < 4.78 is 5.70. The van der Waals surface area contributed by atoms with E-state index in [-0.39, 0.29) is 11.8 Å². The van der Waals surface area contributed by atoms with Gasteiger partial charge in [0, 0.05) is 29.7 Å². The van der Waals surface area contributed by atoms with E-state index in [0.29, 0.717) is 34.1 Å². The number of carbonyl (C=O) groups is 2. The summed E-state index contributed by atoms with van der Waals surface area (Å²) in [7, 11) is 0. The van der Waals surface area contributed by atoms with Crippen molar-refractivity contribution in [3.05, 3.63) is 108 Å². The molecule has 7 nitrogen and oxygen atoms in total. The monoisotopic (exact) mass is 424 g/mol. The van der Waals surface area contributed by atoms with Crippen molar-refractivity contribution in [1.82, 2.24) is 9.97 Å². The number of hydrogen-bond acceptors (Lipinski definition) is 5. The van der Waals surface area contributed by atoms with Gasteiger partial charge >= 0.3 is 0 Å². The van der Waals surface area contributed by atoms with Crippen LogP contribution in [0.25, 0.3) is 0 Å². The Morgan fingerprint density at radius 2 is 1.53 bits per heavy atom. The van der Waals surface area contributed by atoms with E-state index in [1.54, 1.807) is 54.7 Å². The number of carbonyl (C=O) groups excluding carboxylic acids is 2. The molecular formula is C25H20N4O3. The zero-order chi connectivity index (χ0) is 22.3. The van der Waals surface area contributed by atoms with Crippen LogP contribution in [0.15, 0.2) is 91.4 Å². The van der Waals surface area contributed by atoms with Gasteiger partial charge in [-0.15, -0.1) is 0 Å². The van der Waals surface area contributed by atoms with Crippen LogP contribution in [0.5, 0.6) is 11.6 Å². The van der Waals surface area contributed by atoms with Gasteiger partial charge in [0.05, 0.1) is 17.4 Å². The Bertz CT molecular complexity index is 1220. The molecule has 0 unspecified atom stereocenters.